The van der Waals surface area contributed by atoms with Gasteiger partial charge in [0.15, 0.2) is 11.4 Å². The lowest BCUT2D eigenvalue weighted by Gasteiger charge is -2.41. The molecule has 158 valence electrons. The van der Waals surface area contributed by atoms with Crippen LogP contribution in [0.25, 0.3) is 10.9 Å². The largest absolute Gasteiger partial charge is 0.504 e. The number of fused-ring (bicyclic) bond motifs is 1. The average molecular weight is 432 g/mol. The van der Waals surface area contributed by atoms with Gasteiger partial charge in [0.25, 0.3) is 5.91 Å². The number of aromatic nitrogens is 2. The number of hydrogen-bond acceptors (Lipinski definition) is 7. The average Bonchev–Trinajstić information content (AvgIpc) is 2.74. The van der Waals surface area contributed by atoms with E-state index >= 15 is 0 Å². The lowest BCUT2D eigenvalue weighted by molar-refractivity contribution is 0.0943. The molecule has 0 spiro atoms. The normalized spacial score (nSPS) is 17.0. The smallest absolute Gasteiger partial charge is 0.274 e. The van der Waals surface area contributed by atoms with Crippen LogP contribution in [-0.2, 0) is 6.54 Å². The van der Waals surface area contributed by atoms with Gasteiger partial charge < -0.3 is 15.3 Å². The van der Waals surface area contributed by atoms with Crippen molar-refractivity contribution in [1.82, 2.24) is 15.3 Å². The number of nitrogens with one attached hydrogen (secondary N) is 1. The van der Waals surface area contributed by atoms with Crippen LogP contribution in [0.15, 0.2) is 42.6 Å². The predicted molar refractivity (Wildman–Crippen MR) is 114 cm³/mol. The van der Waals surface area contributed by atoms with Crippen molar-refractivity contribution in [3.63, 3.8) is 0 Å². The minimum Gasteiger partial charge on any atom is -0.504 e. The van der Waals surface area contributed by atoms with Gasteiger partial charge in [0, 0.05) is 31.2 Å². The van der Waals surface area contributed by atoms with Crippen molar-refractivity contribution in [1.29, 1.82) is 0 Å². The second-order valence-corrected chi connectivity index (χ2v) is 9.46. The summed E-state index contributed by atoms with van der Waals surface area (Å²) in [6.07, 6.45) is 1.51. The predicted octanol–water partition coefficient (Wildman–Crippen LogP) is 2.98. The zero-order valence-corrected chi connectivity index (χ0v) is 16.8. The Labute approximate surface area is 173 Å². The van der Waals surface area contributed by atoms with Crippen molar-refractivity contribution in [2.45, 2.75) is 6.54 Å². The van der Waals surface area contributed by atoms with Crippen LogP contribution in [0.2, 0.25) is 0 Å². The molecule has 30 heavy (non-hydrogen) atoms. The van der Waals surface area contributed by atoms with Crippen LogP contribution in [0.4, 0.5) is 10.2 Å². The zero-order chi connectivity index (χ0) is 21.3. The molecule has 0 unspecified atom stereocenters. The molecule has 1 aromatic carbocycles. The first-order valence-electron chi connectivity index (χ1n) is 9.33. The Hall–Kier alpha value is -2.95. The van der Waals surface area contributed by atoms with E-state index in [-0.39, 0.29) is 40.8 Å². The molecule has 0 radical (unpaired) electrons. The number of halogens is 1. The molecule has 4 N–H and O–H groups in total. The van der Waals surface area contributed by atoms with E-state index in [4.69, 9.17) is 0 Å². The van der Waals surface area contributed by atoms with E-state index in [1.165, 1.54) is 18.3 Å². The number of carbonyl (C=O) groups excluding carboxylic acids is 1. The third kappa shape index (κ3) is 4.16. The molecule has 1 aliphatic rings. The van der Waals surface area contributed by atoms with Crippen LogP contribution in [-0.4, -0.2) is 54.7 Å². The summed E-state index contributed by atoms with van der Waals surface area (Å²) in [4.78, 5) is 23.2. The van der Waals surface area contributed by atoms with Gasteiger partial charge in [-0.25, -0.2) is 9.37 Å². The van der Waals surface area contributed by atoms with Gasteiger partial charge in [0.1, 0.15) is 17.2 Å². The molecule has 10 heteroatoms. The lowest BCUT2D eigenvalue weighted by Crippen LogP contribution is -2.39. The number of aromatic hydroxyl groups is 1. The van der Waals surface area contributed by atoms with Gasteiger partial charge in [-0.15, -0.1) is 0 Å². The molecule has 1 aliphatic heterocycles. The minimum atomic E-state index is -2.59. The molecule has 8 nitrogen and oxygen atoms in total. The lowest BCUT2D eigenvalue weighted by atomic mass is 10.1. The third-order valence-corrected chi connectivity index (χ3v) is 6.64. The second-order valence-electron chi connectivity index (χ2n) is 7.04. The van der Waals surface area contributed by atoms with Crippen molar-refractivity contribution in [2.75, 3.05) is 29.5 Å². The molecule has 3 aromatic rings. The fourth-order valence-corrected chi connectivity index (χ4v) is 4.54. The van der Waals surface area contributed by atoms with Gasteiger partial charge in [0.2, 0.25) is 0 Å². The number of nitrogens with zero attached hydrogens (tertiary/aromatic N) is 3. The van der Waals surface area contributed by atoms with Crippen molar-refractivity contribution in [3.05, 3.63) is 59.7 Å². The van der Waals surface area contributed by atoms with Crippen LogP contribution in [0.1, 0.15) is 16.1 Å². The van der Waals surface area contributed by atoms with E-state index in [1.54, 1.807) is 24.3 Å². The molecule has 1 amide bonds. The number of pyridine rings is 2. The Kier molecular flexibility index (Phi) is 5.46. The molecule has 4 rings (SSSR count). The highest BCUT2D eigenvalue weighted by Gasteiger charge is 2.27. The molecule has 2 aromatic heterocycles. The summed E-state index contributed by atoms with van der Waals surface area (Å²) in [5.41, 5.74) is 0.770. The molecule has 0 saturated carbocycles. The van der Waals surface area contributed by atoms with Crippen LogP contribution in [0, 0.1) is 5.82 Å². The standard InChI is InChI=1S/C20H21FN4O4S/c21-14-5-3-13(4-6-14)12-23-20(27)17-18(26)16-15(2-1-7-22-16)19(24-17)25-8-10-30(28,29)11-9-25/h1-7,26,28-29H,8-12H2,(H,23,27). The van der Waals surface area contributed by atoms with E-state index in [0.29, 0.717) is 29.9 Å². The highest BCUT2D eigenvalue weighted by molar-refractivity contribution is 8.24. The zero-order valence-electron chi connectivity index (χ0n) is 16.0. The van der Waals surface area contributed by atoms with E-state index in [9.17, 15) is 23.4 Å². The number of hydrogen-bond donors (Lipinski definition) is 4. The Bertz CT molecular complexity index is 1080. The van der Waals surface area contributed by atoms with E-state index in [0.717, 1.165) is 0 Å². The molecule has 1 fully saturated rings. The molecule has 0 atom stereocenters. The topological polar surface area (TPSA) is 119 Å². The van der Waals surface area contributed by atoms with Gasteiger partial charge in [-0.3, -0.25) is 18.9 Å². The molecule has 1 saturated heterocycles. The summed E-state index contributed by atoms with van der Waals surface area (Å²) < 4.78 is 32.8. The van der Waals surface area contributed by atoms with Gasteiger partial charge in [-0.05, 0) is 29.8 Å². The maximum absolute atomic E-state index is 13.0. The monoisotopic (exact) mass is 432 g/mol. The molecule has 0 bridgehead atoms. The first-order chi connectivity index (χ1) is 14.3. The summed E-state index contributed by atoms with van der Waals surface area (Å²) in [6, 6.07) is 9.17. The number of carbonyl (C=O) groups is 1. The quantitative estimate of drug-likeness (QED) is 0.500. The highest BCUT2D eigenvalue weighted by Crippen LogP contribution is 2.42. The van der Waals surface area contributed by atoms with Crippen molar-refractivity contribution in [3.8, 4) is 5.75 Å². The Morgan fingerprint density at radius 2 is 1.87 bits per heavy atom. The number of rotatable bonds is 4. The van der Waals surface area contributed by atoms with Crippen molar-refractivity contribution < 1.29 is 23.4 Å². The third-order valence-electron chi connectivity index (χ3n) is 4.97. The number of anilines is 1. The number of amides is 1. The number of benzene rings is 1. The van der Waals surface area contributed by atoms with E-state index in [1.807, 2.05) is 4.90 Å². The minimum absolute atomic E-state index is 0.139. The Balaban J connectivity index is 1.65. The van der Waals surface area contributed by atoms with Crippen LogP contribution in [0.3, 0.4) is 0 Å². The summed E-state index contributed by atoms with van der Waals surface area (Å²) >= 11 is 0. The molecular formula is C20H21FN4O4S. The highest BCUT2D eigenvalue weighted by atomic mass is 32.3. The first-order valence-corrected chi connectivity index (χ1v) is 11.2. The van der Waals surface area contributed by atoms with Crippen molar-refractivity contribution >= 4 is 33.2 Å². The summed E-state index contributed by atoms with van der Waals surface area (Å²) in [7, 11) is -2.59. The molecular weight excluding hydrogens is 411 g/mol. The van der Waals surface area contributed by atoms with Crippen LogP contribution >= 0.6 is 10.6 Å². The SMILES string of the molecule is O=C(NCc1ccc(F)cc1)c1nc(N2CCS(O)(O)CC2)c2cccnc2c1O. The van der Waals surface area contributed by atoms with E-state index in [2.05, 4.69) is 15.3 Å². The van der Waals surface area contributed by atoms with Crippen molar-refractivity contribution in [2.24, 2.45) is 0 Å². The molecule has 3 heterocycles. The fraction of sp³-hybridized carbons (Fsp3) is 0.250. The summed E-state index contributed by atoms with van der Waals surface area (Å²) in [5, 5.41) is 13.9. The van der Waals surface area contributed by atoms with Gasteiger partial charge >= 0.3 is 0 Å². The van der Waals surface area contributed by atoms with Crippen LogP contribution in [0.5, 0.6) is 5.75 Å². The Morgan fingerprint density at radius 1 is 1.17 bits per heavy atom. The van der Waals surface area contributed by atoms with Gasteiger partial charge in [0.05, 0.1) is 11.5 Å². The summed E-state index contributed by atoms with van der Waals surface area (Å²) in [5.74, 6) is -0.406. The Morgan fingerprint density at radius 3 is 2.57 bits per heavy atom. The van der Waals surface area contributed by atoms with E-state index < -0.39 is 16.5 Å². The van der Waals surface area contributed by atoms with Crippen LogP contribution < -0.4 is 10.2 Å². The summed E-state index contributed by atoms with van der Waals surface area (Å²) in [6.45, 7) is 0.863. The fourth-order valence-electron chi connectivity index (χ4n) is 3.31. The second kappa shape index (κ2) is 8.05. The first kappa shape index (κ1) is 20.3. The molecule has 0 aliphatic carbocycles. The maximum Gasteiger partial charge on any atom is 0.274 e. The maximum atomic E-state index is 13.0. The van der Waals surface area contributed by atoms with Gasteiger partial charge in [-0.1, -0.05) is 12.1 Å². The van der Waals surface area contributed by atoms with Gasteiger partial charge in [-0.2, -0.15) is 10.6 Å².